The molecule has 0 aliphatic carbocycles. The van der Waals surface area contributed by atoms with Gasteiger partial charge >= 0.3 is 0 Å². The molecule has 0 saturated carbocycles. The number of hydrogen-bond acceptors (Lipinski definition) is 6. The van der Waals surface area contributed by atoms with Crippen LogP contribution in [-0.2, 0) is 29.3 Å². The van der Waals surface area contributed by atoms with Crippen LogP contribution in [0.4, 0.5) is 0 Å². The standard InChI is InChI=1S/C29H32O6/c1-28(2)34-25-24(33-27(31-3)26(25)35-28)23(30)19-32-29(20-13-7-4-8-14-20,21-15-9-5-10-16-21)22-17-11-6-12-18-22/h4-18,23-27,30H,19H2,1-3H3/t23-,24-,25+,26+,27+/m1/s1. The maximum atomic E-state index is 11.3. The zero-order valence-electron chi connectivity index (χ0n) is 20.2. The molecule has 2 fully saturated rings. The van der Waals surface area contributed by atoms with Gasteiger partial charge in [-0.05, 0) is 30.5 Å². The molecule has 0 spiro atoms. The van der Waals surface area contributed by atoms with E-state index in [0.717, 1.165) is 16.7 Å². The van der Waals surface area contributed by atoms with Gasteiger partial charge in [-0.25, -0.2) is 0 Å². The molecule has 0 bridgehead atoms. The Morgan fingerprint density at radius 3 is 1.71 bits per heavy atom. The van der Waals surface area contributed by atoms with Crippen molar-refractivity contribution in [2.24, 2.45) is 0 Å². The van der Waals surface area contributed by atoms with Gasteiger partial charge in [0, 0.05) is 7.11 Å². The Kier molecular flexibility index (Phi) is 6.77. The van der Waals surface area contributed by atoms with Gasteiger partial charge in [0.25, 0.3) is 0 Å². The van der Waals surface area contributed by atoms with Crippen molar-refractivity contribution in [3.8, 4) is 0 Å². The molecule has 3 aromatic carbocycles. The highest BCUT2D eigenvalue weighted by Crippen LogP contribution is 2.43. The average molecular weight is 477 g/mol. The van der Waals surface area contributed by atoms with E-state index < -0.39 is 42.1 Å². The third-order valence-corrected chi connectivity index (χ3v) is 6.67. The van der Waals surface area contributed by atoms with E-state index in [9.17, 15) is 5.11 Å². The molecule has 6 nitrogen and oxygen atoms in total. The van der Waals surface area contributed by atoms with Crippen LogP contribution in [-0.4, -0.2) is 55.3 Å². The van der Waals surface area contributed by atoms with Crippen molar-refractivity contribution in [2.75, 3.05) is 13.7 Å². The van der Waals surface area contributed by atoms with Gasteiger partial charge in [-0.1, -0.05) is 91.0 Å². The third-order valence-electron chi connectivity index (χ3n) is 6.67. The lowest BCUT2D eigenvalue weighted by atomic mass is 9.80. The molecule has 0 unspecified atom stereocenters. The van der Waals surface area contributed by atoms with Gasteiger partial charge in [-0.15, -0.1) is 0 Å². The third kappa shape index (κ3) is 4.54. The van der Waals surface area contributed by atoms with Gasteiger partial charge in [0.05, 0.1) is 6.61 Å². The van der Waals surface area contributed by atoms with E-state index in [0.29, 0.717) is 0 Å². The number of aliphatic hydroxyl groups is 1. The van der Waals surface area contributed by atoms with Crippen LogP contribution < -0.4 is 0 Å². The average Bonchev–Trinajstić information content (AvgIpc) is 3.39. The Morgan fingerprint density at radius 2 is 1.26 bits per heavy atom. The predicted molar refractivity (Wildman–Crippen MR) is 131 cm³/mol. The molecular formula is C29H32O6. The van der Waals surface area contributed by atoms with Crippen LogP contribution >= 0.6 is 0 Å². The van der Waals surface area contributed by atoms with Crippen molar-refractivity contribution in [2.45, 2.75) is 55.9 Å². The summed E-state index contributed by atoms with van der Waals surface area (Å²) in [5.74, 6) is -0.781. The fraction of sp³-hybridized carbons (Fsp3) is 0.379. The number of fused-ring (bicyclic) bond motifs is 1. The summed E-state index contributed by atoms with van der Waals surface area (Å²) in [5, 5.41) is 11.3. The summed E-state index contributed by atoms with van der Waals surface area (Å²) in [6, 6.07) is 30.2. The lowest BCUT2D eigenvalue weighted by Crippen LogP contribution is -2.44. The smallest absolute Gasteiger partial charge is 0.186 e. The molecule has 2 heterocycles. The second-order valence-electron chi connectivity index (χ2n) is 9.43. The topological polar surface area (TPSA) is 66.4 Å². The van der Waals surface area contributed by atoms with Crippen LogP contribution in [0.5, 0.6) is 0 Å². The molecule has 5 rings (SSSR count). The summed E-state index contributed by atoms with van der Waals surface area (Å²) in [4.78, 5) is 0. The Hall–Kier alpha value is -2.58. The van der Waals surface area contributed by atoms with E-state index in [-0.39, 0.29) is 6.61 Å². The Morgan fingerprint density at radius 1 is 0.800 bits per heavy atom. The molecule has 0 amide bonds. The minimum atomic E-state index is -0.976. The molecule has 2 aliphatic heterocycles. The molecule has 2 saturated heterocycles. The van der Waals surface area contributed by atoms with Gasteiger partial charge in [0.15, 0.2) is 12.1 Å². The Labute approximate surface area is 206 Å². The molecule has 3 aromatic rings. The van der Waals surface area contributed by atoms with Crippen LogP contribution in [0.15, 0.2) is 91.0 Å². The van der Waals surface area contributed by atoms with E-state index in [1.165, 1.54) is 0 Å². The number of methoxy groups -OCH3 is 1. The summed E-state index contributed by atoms with van der Waals surface area (Å²) < 4.78 is 30.3. The summed E-state index contributed by atoms with van der Waals surface area (Å²) in [5.41, 5.74) is 1.96. The molecule has 2 aliphatic rings. The molecule has 35 heavy (non-hydrogen) atoms. The van der Waals surface area contributed by atoms with Gasteiger partial charge in [-0.3, -0.25) is 0 Å². The van der Waals surface area contributed by atoms with Crippen LogP contribution in [0, 0.1) is 0 Å². The lowest BCUT2D eigenvalue weighted by Gasteiger charge is -2.37. The zero-order valence-corrected chi connectivity index (χ0v) is 20.2. The highest BCUT2D eigenvalue weighted by molar-refractivity contribution is 5.47. The molecule has 1 N–H and O–H groups in total. The van der Waals surface area contributed by atoms with Crippen LogP contribution in [0.25, 0.3) is 0 Å². The van der Waals surface area contributed by atoms with E-state index in [2.05, 4.69) is 0 Å². The second-order valence-corrected chi connectivity index (χ2v) is 9.43. The van der Waals surface area contributed by atoms with Gasteiger partial charge in [0.2, 0.25) is 0 Å². The number of ether oxygens (including phenoxy) is 5. The molecule has 184 valence electrons. The molecule has 5 atom stereocenters. The van der Waals surface area contributed by atoms with Crippen LogP contribution in [0.3, 0.4) is 0 Å². The van der Waals surface area contributed by atoms with Crippen molar-refractivity contribution >= 4 is 0 Å². The van der Waals surface area contributed by atoms with E-state index in [4.69, 9.17) is 23.7 Å². The van der Waals surface area contributed by atoms with E-state index in [1.54, 1.807) is 7.11 Å². The SMILES string of the molecule is CO[C@H]1O[C@H]([C@H](O)COC(c2ccccc2)(c2ccccc2)c2ccccc2)[C@@H]2OC(C)(C)O[C@H]12. The summed E-state index contributed by atoms with van der Waals surface area (Å²) in [7, 11) is 1.56. The predicted octanol–water partition coefficient (Wildman–Crippen LogP) is 4.25. The molecule has 0 radical (unpaired) electrons. The Bertz CT molecular complexity index is 991. The molecule has 0 aromatic heterocycles. The summed E-state index contributed by atoms with van der Waals surface area (Å²) in [6.07, 6.45) is -3.14. The summed E-state index contributed by atoms with van der Waals surface area (Å²) >= 11 is 0. The van der Waals surface area contributed by atoms with Gasteiger partial charge in [-0.2, -0.15) is 0 Å². The van der Waals surface area contributed by atoms with Gasteiger partial charge < -0.3 is 28.8 Å². The van der Waals surface area contributed by atoms with Crippen molar-refractivity contribution in [3.05, 3.63) is 108 Å². The second kappa shape index (κ2) is 9.82. The fourth-order valence-electron chi connectivity index (χ4n) is 5.16. The first-order valence-electron chi connectivity index (χ1n) is 12.0. The maximum Gasteiger partial charge on any atom is 0.186 e. The number of aliphatic hydroxyl groups excluding tert-OH is 1. The molecular weight excluding hydrogens is 444 g/mol. The first kappa shape index (κ1) is 24.1. The first-order chi connectivity index (χ1) is 16.9. The van der Waals surface area contributed by atoms with Crippen molar-refractivity contribution < 1.29 is 28.8 Å². The van der Waals surface area contributed by atoms with E-state index in [1.807, 2.05) is 105 Å². The monoisotopic (exact) mass is 476 g/mol. The minimum Gasteiger partial charge on any atom is -0.388 e. The summed E-state index contributed by atoms with van der Waals surface area (Å²) in [6.45, 7) is 3.71. The largest absolute Gasteiger partial charge is 0.388 e. The maximum absolute atomic E-state index is 11.3. The number of rotatable bonds is 8. The van der Waals surface area contributed by atoms with Crippen LogP contribution in [0.1, 0.15) is 30.5 Å². The van der Waals surface area contributed by atoms with Crippen LogP contribution in [0.2, 0.25) is 0 Å². The normalized spacial score (nSPS) is 26.4. The number of benzene rings is 3. The van der Waals surface area contributed by atoms with Crippen molar-refractivity contribution in [1.82, 2.24) is 0 Å². The first-order valence-corrected chi connectivity index (χ1v) is 12.0. The Balaban J connectivity index is 1.49. The zero-order chi connectivity index (χ0) is 24.5. The van der Waals surface area contributed by atoms with E-state index >= 15 is 0 Å². The van der Waals surface area contributed by atoms with Crippen molar-refractivity contribution in [1.29, 1.82) is 0 Å². The highest BCUT2D eigenvalue weighted by Gasteiger charge is 2.57. The van der Waals surface area contributed by atoms with Gasteiger partial charge in [0.1, 0.15) is 30.0 Å². The molecule has 6 heteroatoms. The fourth-order valence-corrected chi connectivity index (χ4v) is 5.16. The number of hydrogen-bond donors (Lipinski definition) is 1. The minimum absolute atomic E-state index is 0.00674. The van der Waals surface area contributed by atoms with Crippen molar-refractivity contribution in [3.63, 3.8) is 0 Å². The quantitative estimate of drug-likeness (QED) is 0.491. The highest BCUT2D eigenvalue weighted by atomic mass is 16.8. The lowest BCUT2D eigenvalue weighted by molar-refractivity contribution is -0.240.